The highest BCUT2D eigenvalue weighted by molar-refractivity contribution is 14.1. The standard InChI is InChI=1S/C8H3F5INO/c9-6(10)5-4(8(11,12)13)1-3(2-16)7(14)15-5/h1-2,6H. The van der Waals surface area contributed by atoms with E-state index in [9.17, 15) is 26.7 Å². The number of hydrogen-bond acceptors (Lipinski definition) is 2. The Morgan fingerprint density at radius 1 is 1.38 bits per heavy atom. The van der Waals surface area contributed by atoms with E-state index in [4.69, 9.17) is 0 Å². The Morgan fingerprint density at radius 2 is 1.94 bits per heavy atom. The zero-order valence-corrected chi connectivity index (χ0v) is 9.51. The Balaban J connectivity index is 3.49. The highest BCUT2D eigenvalue weighted by atomic mass is 127. The number of aromatic nitrogens is 1. The summed E-state index contributed by atoms with van der Waals surface area (Å²) in [5, 5.41) is 0. The van der Waals surface area contributed by atoms with E-state index in [-0.39, 0.29) is 15.6 Å². The van der Waals surface area contributed by atoms with Gasteiger partial charge in [-0.1, -0.05) is 0 Å². The van der Waals surface area contributed by atoms with Gasteiger partial charge in [0, 0.05) is 5.56 Å². The lowest BCUT2D eigenvalue weighted by Crippen LogP contribution is -2.13. The molecule has 8 heteroatoms. The van der Waals surface area contributed by atoms with Crippen molar-refractivity contribution in [3.63, 3.8) is 0 Å². The van der Waals surface area contributed by atoms with E-state index in [1.807, 2.05) is 0 Å². The molecule has 0 saturated heterocycles. The molecule has 0 N–H and O–H groups in total. The minimum Gasteiger partial charge on any atom is -0.298 e. The van der Waals surface area contributed by atoms with Crippen molar-refractivity contribution in [2.45, 2.75) is 12.6 Å². The van der Waals surface area contributed by atoms with E-state index in [0.29, 0.717) is 6.07 Å². The monoisotopic (exact) mass is 351 g/mol. The number of hydrogen-bond donors (Lipinski definition) is 0. The van der Waals surface area contributed by atoms with Crippen molar-refractivity contribution in [3.05, 3.63) is 26.6 Å². The minimum absolute atomic E-state index is 0.138. The zero-order chi connectivity index (χ0) is 12.5. The molecule has 1 aromatic rings. The van der Waals surface area contributed by atoms with Gasteiger partial charge in [-0.2, -0.15) is 13.2 Å². The van der Waals surface area contributed by atoms with E-state index in [2.05, 4.69) is 4.98 Å². The Morgan fingerprint density at radius 3 is 2.31 bits per heavy atom. The summed E-state index contributed by atoms with van der Waals surface area (Å²) in [4.78, 5) is 13.5. The molecular formula is C8H3F5INO. The van der Waals surface area contributed by atoms with E-state index >= 15 is 0 Å². The lowest BCUT2D eigenvalue weighted by atomic mass is 10.1. The number of pyridine rings is 1. The van der Waals surface area contributed by atoms with Gasteiger partial charge in [-0.05, 0) is 28.7 Å². The molecule has 0 spiro atoms. The number of carbonyl (C=O) groups excluding carboxylic acids is 1. The van der Waals surface area contributed by atoms with Crippen LogP contribution in [0.2, 0.25) is 0 Å². The van der Waals surface area contributed by atoms with E-state index < -0.39 is 23.9 Å². The topological polar surface area (TPSA) is 30.0 Å². The molecule has 0 unspecified atom stereocenters. The number of aldehydes is 1. The second-order valence-electron chi connectivity index (χ2n) is 2.72. The van der Waals surface area contributed by atoms with Gasteiger partial charge in [-0.3, -0.25) is 4.79 Å². The molecule has 1 heterocycles. The van der Waals surface area contributed by atoms with Gasteiger partial charge < -0.3 is 0 Å². The fourth-order valence-corrected chi connectivity index (χ4v) is 1.54. The Hall–Kier alpha value is -0.800. The van der Waals surface area contributed by atoms with Crippen LogP contribution in [0.4, 0.5) is 22.0 Å². The summed E-state index contributed by atoms with van der Waals surface area (Å²) in [5.41, 5.74) is -3.30. The van der Waals surface area contributed by atoms with Crippen LogP contribution in [-0.2, 0) is 6.18 Å². The van der Waals surface area contributed by atoms with Crippen LogP contribution in [0.3, 0.4) is 0 Å². The molecule has 16 heavy (non-hydrogen) atoms. The second kappa shape index (κ2) is 4.60. The predicted molar refractivity (Wildman–Crippen MR) is 52.3 cm³/mol. The summed E-state index contributed by atoms with van der Waals surface area (Å²) in [6.07, 6.45) is -8.16. The third-order valence-corrected chi connectivity index (χ3v) is 2.54. The molecule has 0 aromatic carbocycles. The van der Waals surface area contributed by atoms with Crippen molar-refractivity contribution in [1.29, 1.82) is 0 Å². The average molecular weight is 351 g/mol. The van der Waals surface area contributed by atoms with Gasteiger partial charge in [0.25, 0.3) is 6.43 Å². The molecule has 0 radical (unpaired) electrons. The first kappa shape index (κ1) is 13.3. The number of alkyl halides is 5. The Bertz CT molecular complexity index is 418. The first-order chi connectivity index (χ1) is 7.27. The summed E-state index contributed by atoms with van der Waals surface area (Å²) in [7, 11) is 0. The van der Waals surface area contributed by atoms with Gasteiger partial charge >= 0.3 is 6.18 Å². The smallest absolute Gasteiger partial charge is 0.298 e. The van der Waals surface area contributed by atoms with Crippen molar-refractivity contribution in [2.75, 3.05) is 0 Å². The maximum absolute atomic E-state index is 12.4. The van der Waals surface area contributed by atoms with Crippen LogP contribution in [-0.4, -0.2) is 11.3 Å². The second-order valence-corrected chi connectivity index (χ2v) is 3.74. The van der Waals surface area contributed by atoms with Gasteiger partial charge in [-0.25, -0.2) is 13.8 Å². The first-order valence-electron chi connectivity index (χ1n) is 3.78. The van der Waals surface area contributed by atoms with Crippen molar-refractivity contribution in [1.82, 2.24) is 4.98 Å². The Kier molecular flexibility index (Phi) is 3.81. The number of nitrogens with zero attached hydrogens (tertiary/aromatic N) is 1. The zero-order valence-electron chi connectivity index (χ0n) is 7.36. The van der Waals surface area contributed by atoms with Crippen LogP contribution < -0.4 is 0 Å². The third kappa shape index (κ3) is 2.66. The molecule has 0 atom stereocenters. The highest BCUT2D eigenvalue weighted by Crippen LogP contribution is 2.36. The van der Waals surface area contributed by atoms with Crippen molar-refractivity contribution >= 4 is 28.9 Å². The van der Waals surface area contributed by atoms with E-state index in [1.165, 1.54) is 22.6 Å². The van der Waals surface area contributed by atoms with Crippen LogP contribution in [0.25, 0.3) is 0 Å². The molecule has 0 aliphatic heterocycles. The molecule has 88 valence electrons. The molecular weight excluding hydrogens is 348 g/mol. The third-order valence-electron chi connectivity index (χ3n) is 1.67. The van der Waals surface area contributed by atoms with Gasteiger partial charge in [0.05, 0.1) is 5.56 Å². The van der Waals surface area contributed by atoms with E-state index in [1.54, 1.807) is 0 Å². The summed E-state index contributed by atoms with van der Waals surface area (Å²) < 4.78 is 61.5. The van der Waals surface area contributed by atoms with Crippen molar-refractivity contribution in [3.8, 4) is 0 Å². The highest BCUT2D eigenvalue weighted by Gasteiger charge is 2.37. The number of carbonyl (C=O) groups is 1. The quantitative estimate of drug-likeness (QED) is 0.354. The van der Waals surface area contributed by atoms with E-state index in [0.717, 1.165) is 0 Å². The summed E-state index contributed by atoms with van der Waals surface area (Å²) >= 11 is 1.42. The maximum Gasteiger partial charge on any atom is 0.418 e. The summed E-state index contributed by atoms with van der Waals surface area (Å²) in [6.45, 7) is 0. The number of halogens is 6. The molecule has 0 fully saturated rings. The molecule has 2 nitrogen and oxygen atoms in total. The maximum atomic E-state index is 12.4. The molecule has 1 aromatic heterocycles. The van der Waals surface area contributed by atoms with Gasteiger partial charge in [0.15, 0.2) is 6.29 Å². The molecule has 1 rings (SSSR count). The fourth-order valence-electron chi connectivity index (χ4n) is 0.996. The molecule has 0 saturated carbocycles. The van der Waals surface area contributed by atoms with Crippen LogP contribution in [0.5, 0.6) is 0 Å². The normalized spacial score (nSPS) is 11.9. The average Bonchev–Trinajstić information content (AvgIpc) is 2.15. The van der Waals surface area contributed by atoms with Crippen LogP contribution in [0.15, 0.2) is 6.07 Å². The molecule has 0 aliphatic rings. The van der Waals surface area contributed by atoms with Crippen LogP contribution >= 0.6 is 22.6 Å². The lowest BCUT2D eigenvalue weighted by Gasteiger charge is -2.12. The molecule has 0 amide bonds. The summed E-state index contributed by atoms with van der Waals surface area (Å²) in [5.74, 6) is 0. The SMILES string of the molecule is O=Cc1cc(C(F)(F)F)c(C(F)F)nc1I. The van der Waals surface area contributed by atoms with Crippen LogP contribution in [0.1, 0.15) is 28.0 Å². The minimum atomic E-state index is -4.96. The lowest BCUT2D eigenvalue weighted by molar-refractivity contribution is -0.140. The predicted octanol–water partition coefficient (Wildman–Crippen LogP) is 3.46. The first-order valence-corrected chi connectivity index (χ1v) is 4.86. The fraction of sp³-hybridized carbons (Fsp3) is 0.250. The van der Waals surface area contributed by atoms with Gasteiger partial charge in [0.2, 0.25) is 0 Å². The van der Waals surface area contributed by atoms with Crippen LogP contribution in [0, 0.1) is 3.70 Å². The summed E-state index contributed by atoms with van der Waals surface area (Å²) in [6, 6.07) is 0.378. The van der Waals surface area contributed by atoms with Crippen molar-refractivity contribution < 1.29 is 26.7 Å². The molecule has 0 bridgehead atoms. The Labute approximate surface area is 100.0 Å². The van der Waals surface area contributed by atoms with Gasteiger partial charge in [0.1, 0.15) is 9.39 Å². The van der Waals surface area contributed by atoms with Crippen molar-refractivity contribution in [2.24, 2.45) is 0 Å². The molecule has 0 aliphatic carbocycles. The van der Waals surface area contributed by atoms with Gasteiger partial charge in [-0.15, -0.1) is 0 Å². The number of rotatable bonds is 2. The largest absolute Gasteiger partial charge is 0.418 e.